The Morgan fingerprint density at radius 2 is 1.88 bits per heavy atom. The number of aryl methyl sites for hydroxylation is 1. The molecule has 32 heavy (non-hydrogen) atoms. The van der Waals surface area contributed by atoms with Crippen molar-refractivity contribution in [3.8, 4) is 5.75 Å². The predicted octanol–water partition coefficient (Wildman–Crippen LogP) is 1.73. The standard InChI is InChI=1S/C22H25F2N3O5/c1-12-5-6-26(7-8-31-3)22(30)20(12)27-11-15(19(21(27)29)25-13(2)28)18-16(23)9-14(32-4)10-17(18)24/h5-6,9-10,15,19H,7-8,11H2,1-4H3,(H,25,28)/t15-,19?/m0/s1. The third-order valence-corrected chi connectivity index (χ3v) is 5.48. The predicted molar refractivity (Wildman–Crippen MR) is 113 cm³/mol. The number of amides is 2. The summed E-state index contributed by atoms with van der Waals surface area (Å²) in [6.45, 7) is 3.24. The van der Waals surface area contributed by atoms with Gasteiger partial charge in [-0.05, 0) is 18.6 Å². The molecule has 10 heteroatoms. The fourth-order valence-corrected chi connectivity index (χ4v) is 3.95. The summed E-state index contributed by atoms with van der Waals surface area (Å²) in [5, 5.41) is 2.49. The first-order chi connectivity index (χ1) is 15.2. The average molecular weight is 449 g/mol. The van der Waals surface area contributed by atoms with Crippen molar-refractivity contribution in [3.63, 3.8) is 0 Å². The lowest BCUT2D eigenvalue weighted by Crippen LogP contribution is -2.44. The van der Waals surface area contributed by atoms with E-state index in [1.54, 1.807) is 19.2 Å². The van der Waals surface area contributed by atoms with Crippen LogP contribution in [0.4, 0.5) is 14.5 Å². The summed E-state index contributed by atoms with van der Waals surface area (Å²) in [5.41, 5.74) is -0.169. The van der Waals surface area contributed by atoms with Crippen molar-refractivity contribution in [1.82, 2.24) is 9.88 Å². The second kappa shape index (κ2) is 9.47. The third kappa shape index (κ3) is 4.36. The van der Waals surface area contributed by atoms with E-state index < -0.39 is 41.0 Å². The molecule has 1 unspecified atom stereocenters. The molecule has 2 aromatic rings. The van der Waals surface area contributed by atoms with Gasteiger partial charge in [0.15, 0.2) is 0 Å². The van der Waals surface area contributed by atoms with E-state index in [2.05, 4.69) is 5.32 Å². The van der Waals surface area contributed by atoms with E-state index in [4.69, 9.17) is 9.47 Å². The molecule has 2 atom stereocenters. The molecule has 2 heterocycles. The Morgan fingerprint density at radius 3 is 2.44 bits per heavy atom. The highest BCUT2D eigenvalue weighted by Gasteiger charge is 2.45. The number of ether oxygens (including phenoxy) is 2. The monoisotopic (exact) mass is 449 g/mol. The molecule has 0 radical (unpaired) electrons. The van der Waals surface area contributed by atoms with Crippen LogP contribution in [-0.2, 0) is 20.9 Å². The van der Waals surface area contributed by atoms with Crippen LogP contribution in [0.2, 0.25) is 0 Å². The van der Waals surface area contributed by atoms with Crippen molar-refractivity contribution in [2.45, 2.75) is 32.4 Å². The minimum atomic E-state index is -1.24. The molecule has 1 saturated heterocycles. The van der Waals surface area contributed by atoms with Crippen molar-refractivity contribution in [2.75, 3.05) is 32.3 Å². The van der Waals surface area contributed by atoms with Crippen LogP contribution >= 0.6 is 0 Å². The highest BCUT2D eigenvalue weighted by molar-refractivity contribution is 6.02. The number of methoxy groups -OCH3 is 2. The molecule has 172 valence electrons. The topological polar surface area (TPSA) is 89.9 Å². The normalized spacial score (nSPS) is 18.2. The number of pyridine rings is 1. The number of nitrogens with one attached hydrogen (secondary N) is 1. The first-order valence-electron chi connectivity index (χ1n) is 10.00. The van der Waals surface area contributed by atoms with E-state index in [0.717, 1.165) is 12.1 Å². The number of carbonyl (C=O) groups is 2. The van der Waals surface area contributed by atoms with Gasteiger partial charge in [0.05, 0.1) is 13.7 Å². The molecule has 1 aromatic heterocycles. The maximum absolute atomic E-state index is 14.8. The molecule has 0 spiro atoms. The second-order valence-electron chi connectivity index (χ2n) is 7.58. The van der Waals surface area contributed by atoms with Gasteiger partial charge in [-0.15, -0.1) is 0 Å². The number of hydrogen-bond donors (Lipinski definition) is 1. The quantitative estimate of drug-likeness (QED) is 0.696. The molecule has 2 amide bonds. The van der Waals surface area contributed by atoms with Gasteiger partial charge in [-0.1, -0.05) is 0 Å². The number of hydrogen-bond acceptors (Lipinski definition) is 5. The molecule has 1 N–H and O–H groups in total. The molecule has 3 rings (SSSR count). The summed E-state index contributed by atoms with van der Waals surface area (Å²) in [6.07, 6.45) is 1.59. The van der Waals surface area contributed by atoms with Crippen molar-refractivity contribution in [1.29, 1.82) is 0 Å². The van der Waals surface area contributed by atoms with Crippen LogP contribution in [0.1, 0.15) is 24.0 Å². The second-order valence-corrected chi connectivity index (χ2v) is 7.58. The van der Waals surface area contributed by atoms with Crippen molar-refractivity contribution >= 4 is 17.5 Å². The van der Waals surface area contributed by atoms with Gasteiger partial charge < -0.3 is 24.3 Å². The summed E-state index contributed by atoms with van der Waals surface area (Å²) in [4.78, 5) is 39.3. The van der Waals surface area contributed by atoms with Crippen molar-refractivity contribution in [2.24, 2.45) is 0 Å². The number of nitrogens with zero attached hydrogens (tertiary/aromatic N) is 2. The largest absolute Gasteiger partial charge is 0.497 e. The molecule has 1 aromatic carbocycles. The highest BCUT2D eigenvalue weighted by atomic mass is 19.1. The highest BCUT2D eigenvalue weighted by Crippen LogP contribution is 2.36. The van der Waals surface area contributed by atoms with Crippen LogP contribution in [0.15, 0.2) is 29.2 Å². The van der Waals surface area contributed by atoms with Gasteiger partial charge in [0.2, 0.25) is 11.8 Å². The Morgan fingerprint density at radius 1 is 1.22 bits per heavy atom. The molecule has 8 nitrogen and oxygen atoms in total. The number of halogens is 2. The third-order valence-electron chi connectivity index (χ3n) is 5.48. The van der Waals surface area contributed by atoms with Crippen LogP contribution in [-0.4, -0.2) is 49.8 Å². The van der Waals surface area contributed by atoms with Gasteiger partial charge >= 0.3 is 0 Å². The minimum absolute atomic E-state index is 0.0130. The maximum atomic E-state index is 14.8. The van der Waals surface area contributed by atoms with Crippen molar-refractivity contribution in [3.05, 3.63) is 57.5 Å². The van der Waals surface area contributed by atoms with Gasteiger partial charge in [0.25, 0.3) is 5.56 Å². The van der Waals surface area contributed by atoms with Crippen LogP contribution in [0.3, 0.4) is 0 Å². The summed E-state index contributed by atoms with van der Waals surface area (Å²) >= 11 is 0. The number of carbonyl (C=O) groups excluding carboxylic acids is 2. The Bertz CT molecular complexity index is 1080. The molecule has 0 saturated carbocycles. The fourth-order valence-electron chi connectivity index (χ4n) is 3.95. The Labute approximate surface area is 183 Å². The van der Waals surface area contributed by atoms with E-state index in [9.17, 15) is 23.2 Å². The molecule has 0 bridgehead atoms. The van der Waals surface area contributed by atoms with Gasteiger partial charge in [0, 0.05) is 56.9 Å². The first kappa shape index (κ1) is 23.4. The van der Waals surface area contributed by atoms with E-state index in [1.807, 2.05) is 0 Å². The number of benzene rings is 1. The Hall–Kier alpha value is -3.27. The lowest BCUT2D eigenvalue weighted by Gasteiger charge is -2.20. The number of rotatable bonds is 7. The van der Waals surface area contributed by atoms with Crippen LogP contribution in [0.25, 0.3) is 0 Å². The molecule has 1 fully saturated rings. The van der Waals surface area contributed by atoms with Gasteiger partial charge in [-0.3, -0.25) is 14.4 Å². The van der Waals surface area contributed by atoms with Crippen LogP contribution in [0, 0.1) is 18.6 Å². The van der Waals surface area contributed by atoms with E-state index in [1.165, 1.54) is 30.6 Å². The average Bonchev–Trinajstić information content (AvgIpc) is 3.02. The fraction of sp³-hybridized carbons (Fsp3) is 0.409. The smallest absolute Gasteiger partial charge is 0.274 e. The summed E-state index contributed by atoms with van der Waals surface area (Å²) in [6, 6.07) is 2.47. The molecule has 1 aliphatic heterocycles. The zero-order chi connectivity index (χ0) is 23.6. The van der Waals surface area contributed by atoms with E-state index in [0.29, 0.717) is 5.56 Å². The summed E-state index contributed by atoms with van der Waals surface area (Å²) < 4.78 is 41.0. The molecular weight excluding hydrogens is 424 g/mol. The van der Waals surface area contributed by atoms with E-state index in [-0.39, 0.29) is 36.7 Å². The molecular formula is C22H25F2N3O5. The summed E-state index contributed by atoms with van der Waals surface area (Å²) in [5.74, 6) is -4.03. The van der Waals surface area contributed by atoms with Crippen molar-refractivity contribution < 1.29 is 27.8 Å². The Kier molecular flexibility index (Phi) is 6.93. The zero-order valence-electron chi connectivity index (χ0n) is 18.3. The lowest BCUT2D eigenvalue weighted by atomic mass is 9.92. The summed E-state index contributed by atoms with van der Waals surface area (Å²) in [7, 11) is 2.78. The molecule has 1 aliphatic rings. The Balaban J connectivity index is 2.10. The minimum Gasteiger partial charge on any atom is -0.497 e. The maximum Gasteiger partial charge on any atom is 0.274 e. The first-order valence-corrected chi connectivity index (χ1v) is 10.00. The lowest BCUT2D eigenvalue weighted by molar-refractivity contribution is -0.125. The van der Waals surface area contributed by atoms with Gasteiger partial charge in [-0.25, -0.2) is 8.78 Å². The number of aromatic nitrogens is 1. The number of anilines is 1. The van der Waals surface area contributed by atoms with Crippen LogP contribution < -0.4 is 20.5 Å². The van der Waals surface area contributed by atoms with E-state index >= 15 is 0 Å². The van der Waals surface area contributed by atoms with Crippen LogP contribution in [0.5, 0.6) is 5.75 Å². The zero-order valence-corrected chi connectivity index (χ0v) is 18.3. The SMILES string of the molecule is COCCn1ccc(C)c(N2C[C@@H](c3c(F)cc(OC)cc3F)C(NC(C)=O)C2=O)c1=O. The van der Waals surface area contributed by atoms with Gasteiger partial charge in [0.1, 0.15) is 29.1 Å². The van der Waals surface area contributed by atoms with Gasteiger partial charge in [-0.2, -0.15) is 0 Å². The molecule has 0 aliphatic carbocycles.